The predicted octanol–water partition coefficient (Wildman–Crippen LogP) is 3.20. The minimum absolute atomic E-state index is 0.306. The van der Waals surface area contributed by atoms with Crippen LogP contribution in [0, 0.1) is 11.6 Å². The standard InChI is InChI=1S/C16H13F2N3/c17-12-6-5-11(14(18)7-12)8-19-9-13-10-20-15-3-1-2-4-16(15)21-13/h1-7,10,19H,8-9H2. The minimum Gasteiger partial charge on any atom is -0.307 e. The van der Waals surface area contributed by atoms with Crippen LogP contribution in [-0.4, -0.2) is 9.97 Å². The Morgan fingerprint density at radius 1 is 0.952 bits per heavy atom. The van der Waals surface area contributed by atoms with Gasteiger partial charge in [0.1, 0.15) is 11.6 Å². The molecule has 0 saturated heterocycles. The lowest BCUT2D eigenvalue weighted by atomic mass is 10.2. The Balaban J connectivity index is 1.66. The maximum absolute atomic E-state index is 13.5. The van der Waals surface area contributed by atoms with Gasteiger partial charge in [0.2, 0.25) is 0 Å². The number of aromatic nitrogens is 2. The van der Waals surface area contributed by atoms with Crippen molar-refractivity contribution in [2.75, 3.05) is 0 Å². The molecule has 0 aliphatic rings. The van der Waals surface area contributed by atoms with Crippen LogP contribution in [0.1, 0.15) is 11.3 Å². The van der Waals surface area contributed by atoms with Crippen LogP contribution in [0.4, 0.5) is 8.78 Å². The number of fused-ring (bicyclic) bond motifs is 1. The summed E-state index contributed by atoms with van der Waals surface area (Å²) >= 11 is 0. The average Bonchev–Trinajstić information content (AvgIpc) is 2.49. The zero-order chi connectivity index (χ0) is 14.7. The van der Waals surface area contributed by atoms with Gasteiger partial charge >= 0.3 is 0 Å². The van der Waals surface area contributed by atoms with Gasteiger partial charge in [-0.1, -0.05) is 18.2 Å². The average molecular weight is 285 g/mol. The fourth-order valence-corrected chi connectivity index (χ4v) is 2.07. The molecule has 0 spiro atoms. The second kappa shape index (κ2) is 5.93. The van der Waals surface area contributed by atoms with E-state index in [0.29, 0.717) is 18.7 Å². The van der Waals surface area contributed by atoms with Crippen LogP contribution >= 0.6 is 0 Å². The maximum Gasteiger partial charge on any atom is 0.130 e. The first kappa shape index (κ1) is 13.6. The molecule has 106 valence electrons. The van der Waals surface area contributed by atoms with Crippen LogP contribution in [-0.2, 0) is 13.1 Å². The molecule has 2 aromatic carbocycles. The Morgan fingerprint density at radius 3 is 2.57 bits per heavy atom. The van der Waals surface area contributed by atoms with Gasteiger partial charge in [-0.05, 0) is 18.2 Å². The SMILES string of the molecule is Fc1ccc(CNCc2cnc3ccccc3n2)c(F)c1. The first-order valence-electron chi connectivity index (χ1n) is 6.58. The molecule has 5 heteroatoms. The Morgan fingerprint density at radius 2 is 1.76 bits per heavy atom. The molecule has 1 heterocycles. The second-order valence-corrected chi connectivity index (χ2v) is 4.69. The summed E-state index contributed by atoms with van der Waals surface area (Å²) in [6.07, 6.45) is 1.69. The number of hydrogen-bond donors (Lipinski definition) is 1. The van der Waals surface area contributed by atoms with Gasteiger partial charge in [0.05, 0.1) is 22.9 Å². The minimum atomic E-state index is -0.573. The molecule has 0 unspecified atom stereocenters. The topological polar surface area (TPSA) is 37.8 Å². The monoisotopic (exact) mass is 285 g/mol. The third kappa shape index (κ3) is 3.20. The molecule has 3 rings (SSSR count). The van der Waals surface area contributed by atoms with Gasteiger partial charge in [-0.15, -0.1) is 0 Å². The Labute approximate surface area is 120 Å². The molecule has 1 N–H and O–H groups in total. The van der Waals surface area contributed by atoms with Crippen molar-refractivity contribution in [3.63, 3.8) is 0 Å². The maximum atomic E-state index is 13.5. The van der Waals surface area contributed by atoms with Gasteiger partial charge in [0.25, 0.3) is 0 Å². The van der Waals surface area contributed by atoms with Gasteiger partial charge in [0.15, 0.2) is 0 Å². The van der Waals surface area contributed by atoms with E-state index in [-0.39, 0.29) is 0 Å². The largest absolute Gasteiger partial charge is 0.307 e. The Hall–Kier alpha value is -2.40. The molecule has 0 radical (unpaired) electrons. The molecule has 0 amide bonds. The van der Waals surface area contributed by atoms with Crippen LogP contribution < -0.4 is 5.32 Å². The highest BCUT2D eigenvalue weighted by Crippen LogP contribution is 2.10. The molecule has 3 aromatic rings. The fourth-order valence-electron chi connectivity index (χ4n) is 2.07. The van der Waals surface area contributed by atoms with Crippen LogP contribution in [0.15, 0.2) is 48.7 Å². The van der Waals surface area contributed by atoms with E-state index in [4.69, 9.17) is 0 Å². The summed E-state index contributed by atoms with van der Waals surface area (Å²) in [5, 5.41) is 3.08. The highest BCUT2D eigenvalue weighted by molar-refractivity contribution is 5.73. The van der Waals surface area contributed by atoms with E-state index in [1.807, 2.05) is 24.3 Å². The number of halogens is 2. The van der Waals surface area contributed by atoms with Crippen molar-refractivity contribution in [2.24, 2.45) is 0 Å². The van der Waals surface area contributed by atoms with E-state index >= 15 is 0 Å². The van der Waals surface area contributed by atoms with Crippen LogP contribution in [0.25, 0.3) is 11.0 Å². The zero-order valence-corrected chi connectivity index (χ0v) is 11.2. The van der Waals surface area contributed by atoms with Crippen LogP contribution in [0.5, 0.6) is 0 Å². The molecule has 0 atom stereocenters. The Kier molecular flexibility index (Phi) is 3.83. The van der Waals surface area contributed by atoms with Gasteiger partial charge in [-0.2, -0.15) is 0 Å². The van der Waals surface area contributed by atoms with Crippen molar-refractivity contribution in [3.8, 4) is 0 Å². The van der Waals surface area contributed by atoms with E-state index < -0.39 is 11.6 Å². The van der Waals surface area contributed by atoms with E-state index in [9.17, 15) is 8.78 Å². The first-order chi connectivity index (χ1) is 10.2. The third-order valence-electron chi connectivity index (χ3n) is 3.14. The summed E-state index contributed by atoms with van der Waals surface area (Å²) in [5.74, 6) is -1.12. The molecular weight excluding hydrogens is 272 g/mol. The number of benzene rings is 2. The van der Waals surface area contributed by atoms with Crippen molar-refractivity contribution < 1.29 is 8.78 Å². The first-order valence-corrected chi connectivity index (χ1v) is 6.58. The van der Waals surface area contributed by atoms with Crippen molar-refractivity contribution in [3.05, 3.63) is 71.6 Å². The summed E-state index contributed by atoms with van der Waals surface area (Å²) in [6.45, 7) is 0.773. The number of nitrogens with one attached hydrogen (secondary N) is 1. The molecule has 0 bridgehead atoms. The van der Waals surface area contributed by atoms with Crippen LogP contribution in [0.3, 0.4) is 0 Å². The lowest BCUT2D eigenvalue weighted by molar-refractivity contribution is 0.559. The number of hydrogen-bond acceptors (Lipinski definition) is 3. The fraction of sp³-hybridized carbons (Fsp3) is 0.125. The zero-order valence-electron chi connectivity index (χ0n) is 11.2. The smallest absolute Gasteiger partial charge is 0.130 e. The van der Waals surface area contributed by atoms with E-state index in [1.165, 1.54) is 12.1 Å². The molecule has 0 saturated carbocycles. The quantitative estimate of drug-likeness (QED) is 0.800. The highest BCUT2D eigenvalue weighted by atomic mass is 19.1. The van der Waals surface area contributed by atoms with Gasteiger partial charge in [-0.3, -0.25) is 4.98 Å². The van der Waals surface area contributed by atoms with E-state index in [2.05, 4.69) is 15.3 Å². The van der Waals surface area contributed by atoms with Crippen molar-refractivity contribution in [2.45, 2.75) is 13.1 Å². The molecule has 0 aliphatic carbocycles. The van der Waals surface area contributed by atoms with Crippen molar-refractivity contribution >= 4 is 11.0 Å². The summed E-state index contributed by atoms with van der Waals surface area (Å²) in [5.41, 5.74) is 2.86. The van der Waals surface area contributed by atoms with Crippen LogP contribution in [0.2, 0.25) is 0 Å². The predicted molar refractivity (Wildman–Crippen MR) is 76.4 cm³/mol. The lowest BCUT2D eigenvalue weighted by Crippen LogP contribution is -2.15. The second-order valence-electron chi connectivity index (χ2n) is 4.69. The van der Waals surface area contributed by atoms with Gasteiger partial charge < -0.3 is 5.32 Å². The molecule has 1 aromatic heterocycles. The summed E-state index contributed by atoms with van der Waals surface area (Å²) < 4.78 is 26.3. The summed E-state index contributed by atoms with van der Waals surface area (Å²) in [7, 11) is 0. The Bertz CT molecular complexity index is 774. The molecule has 0 fully saturated rings. The van der Waals surface area contributed by atoms with Gasteiger partial charge in [-0.25, -0.2) is 13.8 Å². The van der Waals surface area contributed by atoms with E-state index in [1.54, 1.807) is 6.20 Å². The van der Waals surface area contributed by atoms with E-state index in [0.717, 1.165) is 22.8 Å². The number of nitrogens with zero attached hydrogens (tertiary/aromatic N) is 2. The normalized spacial score (nSPS) is 11.0. The number of para-hydroxylation sites is 2. The lowest BCUT2D eigenvalue weighted by Gasteiger charge is -2.06. The van der Waals surface area contributed by atoms with Crippen molar-refractivity contribution in [1.82, 2.24) is 15.3 Å². The van der Waals surface area contributed by atoms with Gasteiger partial charge in [0, 0.05) is 24.7 Å². The van der Waals surface area contributed by atoms with Crippen molar-refractivity contribution in [1.29, 1.82) is 0 Å². The molecular formula is C16H13F2N3. The molecule has 3 nitrogen and oxygen atoms in total. The summed E-state index contributed by atoms with van der Waals surface area (Å²) in [4.78, 5) is 8.77. The third-order valence-corrected chi connectivity index (χ3v) is 3.14. The molecule has 0 aliphatic heterocycles. The highest BCUT2D eigenvalue weighted by Gasteiger charge is 2.04. The molecule has 21 heavy (non-hydrogen) atoms. The summed E-state index contributed by atoms with van der Waals surface area (Å²) in [6, 6.07) is 11.2. The number of rotatable bonds is 4.